The van der Waals surface area contributed by atoms with Crippen molar-refractivity contribution in [3.8, 4) is 0 Å². The topological polar surface area (TPSA) is 80.9 Å². The number of rotatable bonds is 1. The van der Waals surface area contributed by atoms with Gasteiger partial charge in [-0.05, 0) is 0 Å². The first-order valence-corrected chi connectivity index (χ1v) is 5.63. The van der Waals surface area contributed by atoms with E-state index in [2.05, 4.69) is 0 Å². The van der Waals surface area contributed by atoms with E-state index in [9.17, 15) is 5.11 Å². The Bertz CT molecular complexity index is 130. The van der Waals surface area contributed by atoms with Crippen LogP contribution in [0, 0.1) is 0 Å². The first kappa shape index (κ1) is 9.45. The van der Waals surface area contributed by atoms with Gasteiger partial charge in [-0.3, -0.25) is 0 Å². The van der Waals surface area contributed by atoms with E-state index in [1.165, 1.54) is 0 Å². The summed E-state index contributed by atoms with van der Waals surface area (Å²) in [6.45, 7) is -0.106. The van der Waals surface area contributed by atoms with Gasteiger partial charge < -0.3 is 0 Å². The van der Waals surface area contributed by atoms with Crippen LogP contribution in [0.2, 0.25) is 10.1 Å². The van der Waals surface area contributed by atoms with E-state index in [1.54, 1.807) is 0 Å². The number of aliphatic hydroxyl groups excluding tert-OH is 4. The summed E-state index contributed by atoms with van der Waals surface area (Å²) >= 11 is 0.0345. The van der Waals surface area contributed by atoms with Crippen molar-refractivity contribution in [2.75, 3.05) is 6.61 Å². The molecule has 1 aliphatic rings. The summed E-state index contributed by atoms with van der Waals surface area (Å²) < 4.78 is 0. The molecule has 11 heavy (non-hydrogen) atoms. The normalized spacial score (nSPS) is 45.8. The second-order valence-corrected chi connectivity index (χ2v) is 5.27. The van der Waals surface area contributed by atoms with E-state index in [4.69, 9.17) is 15.3 Å². The van der Waals surface area contributed by atoms with Gasteiger partial charge in [0.1, 0.15) is 0 Å². The molecule has 0 amide bonds. The third-order valence-corrected chi connectivity index (χ3v) is 4.70. The van der Waals surface area contributed by atoms with Crippen LogP contribution < -0.4 is 0 Å². The van der Waals surface area contributed by atoms with Gasteiger partial charge in [-0.1, -0.05) is 0 Å². The van der Waals surface area contributed by atoms with Gasteiger partial charge in [0.15, 0.2) is 0 Å². The minimum atomic E-state index is -1.08. The van der Waals surface area contributed by atoms with Crippen LogP contribution in [0.5, 0.6) is 0 Å². The maximum atomic E-state index is 9.25. The Morgan fingerprint density at radius 3 is 2.36 bits per heavy atom. The van der Waals surface area contributed by atoms with Crippen LogP contribution in [-0.4, -0.2) is 60.3 Å². The zero-order chi connectivity index (χ0) is 8.43. The van der Waals surface area contributed by atoms with Crippen molar-refractivity contribution >= 4 is 15.0 Å². The average Bonchev–Trinajstić information content (AvgIpc) is 2.01. The summed E-state index contributed by atoms with van der Waals surface area (Å²) in [4.78, 5) is -0.221. The van der Waals surface area contributed by atoms with Crippen LogP contribution in [0.1, 0.15) is 0 Å². The second-order valence-electron chi connectivity index (χ2n) is 2.60. The van der Waals surface area contributed by atoms with Crippen molar-refractivity contribution in [3.63, 3.8) is 0 Å². The molecule has 5 heteroatoms. The first-order valence-electron chi connectivity index (χ1n) is 3.43. The molecule has 0 saturated carbocycles. The van der Waals surface area contributed by atoms with Crippen LogP contribution in [0.4, 0.5) is 0 Å². The molecule has 1 rings (SSSR count). The molecule has 0 spiro atoms. The average molecular weight is 227 g/mol. The van der Waals surface area contributed by atoms with Crippen LogP contribution in [0.25, 0.3) is 0 Å². The molecule has 0 bridgehead atoms. The number of hydrogen-bond acceptors (Lipinski definition) is 4. The third kappa shape index (κ3) is 1.93. The summed E-state index contributed by atoms with van der Waals surface area (Å²) in [6.07, 6.45) is -2.85. The van der Waals surface area contributed by atoms with Gasteiger partial charge in [-0.15, -0.1) is 0 Å². The van der Waals surface area contributed by atoms with E-state index in [1.807, 2.05) is 0 Å². The fraction of sp³-hybridized carbons (Fsp3) is 1.00. The SMILES string of the molecule is OC[C@H]1[Se]C[C@@H](O)[C@@H](O)[C@@H]1O. The summed E-state index contributed by atoms with van der Waals surface area (Å²) in [6, 6.07) is 0. The molecule has 4 atom stereocenters. The maximum absolute atomic E-state index is 9.25. The molecule has 1 heterocycles. The molecule has 0 aromatic rings. The van der Waals surface area contributed by atoms with E-state index < -0.39 is 18.3 Å². The minimum absolute atomic E-state index is 0.0345. The predicted octanol–water partition coefficient (Wildman–Crippen LogP) is -2.01. The quantitative estimate of drug-likeness (QED) is 0.390. The van der Waals surface area contributed by atoms with Gasteiger partial charge in [0.2, 0.25) is 0 Å². The molecule has 0 aliphatic carbocycles. The van der Waals surface area contributed by atoms with Gasteiger partial charge in [0, 0.05) is 0 Å². The molecule has 1 aliphatic heterocycles. The van der Waals surface area contributed by atoms with Crippen molar-refractivity contribution in [1.29, 1.82) is 0 Å². The molecule has 1 saturated heterocycles. The monoisotopic (exact) mass is 228 g/mol. The van der Waals surface area contributed by atoms with E-state index in [0.29, 0.717) is 5.32 Å². The fourth-order valence-corrected chi connectivity index (χ4v) is 3.35. The summed E-state index contributed by atoms with van der Waals surface area (Å²) in [5.41, 5.74) is 0. The van der Waals surface area contributed by atoms with E-state index in [-0.39, 0.29) is 26.4 Å². The summed E-state index contributed by atoms with van der Waals surface area (Å²) in [5, 5.41) is 36.7. The standard InChI is InChI=1S/C6H12O4Se/c7-1-4-6(10)5(9)3(8)2-11-4/h3-10H,1-2H2/t3-,4-,5-,6-/m1/s1. The predicted molar refractivity (Wildman–Crippen MR) is 39.4 cm³/mol. The van der Waals surface area contributed by atoms with E-state index in [0.717, 1.165) is 0 Å². The molecule has 0 aromatic heterocycles. The number of aliphatic hydroxyl groups is 4. The molecule has 0 aromatic carbocycles. The second kappa shape index (κ2) is 3.85. The van der Waals surface area contributed by atoms with Gasteiger partial charge in [0.05, 0.1) is 0 Å². The Kier molecular flexibility index (Phi) is 3.30. The van der Waals surface area contributed by atoms with E-state index >= 15 is 0 Å². The van der Waals surface area contributed by atoms with Gasteiger partial charge >= 0.3 is 70.4 Å². The Hall–Kier alpha value is 0.359. The Morgan fingerprint density at radius 2 is 1.82 bits per heavy atom. The van der Waals surface area contributed by atoms with Crippen LogP contribution in [-0.2, 0) is 0 Å². The Balaban J connectivity index is 2.52. The molecular formula is C6H12O4Se. The van der Waals surface area contributed by atoms with Crippen LogP contribution in [0.15, 0.2) is 0 Å². The Morgan fingerprint density at radius 1 is 1.18 bits per heavy atom. The molecular weight excluding hydrogens is 215 g/mol. The van der Waals surface area contributed by atoms with Gasteiger partial charge in [-0.2, -0.15) is 0 Å². The molecule has 1 fully saturated rings. The van der Waals surface area contributed by atoms with Crippen molar-refractivity contribution in [3.05, 3.63) is 0 Å². The third-order valence-electron chi connectivity index (χ3n) is 1.79. The molecule has 4 N–H and O–H groups in total. The summed E-state index contributed by atoms with van der Waals surface area (Å²) in [5.74, 6) is 0. The van der Waals surface area contributed by atoms with Crippen molar-refractivity contribution in [1.82, 2.24) is 0 Å². The van der Waals surface area contributed by atoms with Gasteiger partial charge in [0.25, 0.3) is 0 Å². The van der Waals surface area contributed by atoms with Crippen LogP contribution >= 0.6 is 0 Å². The van der Waals surface area contributed by atoms with Crippen LogP contribution in [0.3, 0.4) is 0 Å². The van der Waals surface area contributed by atoms with Gasteiger partial charge in [-0.25, -0.2) is 0 Å². The first-order chi connectivity index (χ1) is 5.16. The van der Waals surface area contributed by atoms with Crippen molar-refractivity contribution in [2.24, 2.45) is 0 Å². The zero-order valence-corrected chi connectivity index (χ0v) is 7.63. The zero-order valence-electron chi connectivity index (χ0n) is 5.92. The molecule has 4 nitrogen and oxygen atoms in total. The van der Waals surface area contributed by atoms with Crippen molar-refractivity contribution < 1.29 is 20.4 Å². The molecule has 0 radical (unpaired) electrons. The Labute approximate surface area is 71.0 Å². The fourth-order valence-electron chi connectivity index (χ4n) is 1.03. The summed E-state index contributed by atoms with van der Waals surface area (Å²) in [7, 11) is 0. The number of hydrogen-bond donors (Lipinski definition) is 4. The van der Waals surface area contributed by atoms with Crippen molar-refractivity contribution in [2.45, 2.75) is 28.4 Å². The molecule has 66 valence electrons. The molecule has 0 unspecified atom stereocenters.